The maximum absolute atomic E-state index is 9.26. The van der Waals surface area contributed by atoms with Crippen molar-refractivity contribution in [3.63, 3.8) is 0 Å². The van der Waals surface area contributed by atoms with Crippen LogP contribution in [0.2, 0.25) is 0 Å². The highest BCUT2D eigenvalue weighted by molar-refractivity contribution is 6.18. The van der Waals surface area contributed by atoms with E-state index in [1.54, 1.807) is 0 Å². The van der Waals surface area contributed by atoms with Gasteiger partial charge < -0.3 is 15.5 Å². The Balaban J connectivity index is 2.42. The summed E-state index contributed by atoms with van der Waals surface area (Å²) in [4.78, 5) is 0. The molecule has 1 saturated heterocycles. The molecular formula is C6H12ClNO2. The molecule has 0 spiro atoms. The summed E-state index contributed by atoms with van der Waals surface area (Å²) >= 11 is 5.53. The molecule has 1 aliphatic rings. The predicted octanol–water partition coefficient (Wildman–Crippen LogP) is -0.834. The zero-order valence-corrected chi connectivity index (χ0v) is 6.38. The molecule has 0 amide bonds. The number of β-amino-alcohol motifs (C(OH)–C–C–N with tert-alkyl or cyclic N) is 1. The number of halogens is 1. The number of hydrogen-bond donors (Lipinski definition) is 3. The third kappa shape index (κ3) is 1.61. The van der Waals surface area contributed by atoms with E-state index in [1.165, 1.54) is 0 Å². The topological polar surface area (TPSA) is 52.5 Å². The third-order valence-corrected chi connectivity index (χ3v) is 2.23. The number of hydrogen-bond acceptors (Lipinski definition) is 3. The molecule has 60 valence electrons. The van der Waals surface area contributed by atoms with Gasteiger partial charge in [-0.15, -0.1) is 11.6 Å². The van der Waals surface area contributed by atoms with Gasteiger partial charge in [0.05, 0.1) is 12.2 Å². The fourth-order valence-electron chi connectivity index (χ4n) is 1.12. The van der Waals surface area contributed by atoms with E-state index in [1.807, 2.05) is 0 Å². The summed E-state index contributed by atoms with van der Waals surface area (Å²) in [5.41, 5.74) is 0. The Kier molecular flexibility index (Phi) is 2.92. The number of nitrogens with one attached hydrogen (secondary N) is 1. The van der Waals surface area contributed by atoms with E-state index in [9.17, 15) is 5.11 Å². The first-order valence-electron chi connectivity index (χ1n) is 3.38. The van der Waals surface area contributed by atoms with Crippen molar-refractivity contribution in [3.8, 4) is 0 Å². The van der Waals surface area contributed by atoms with E-state index in [0.717, 1.165) is 0 Å². The van der Waals surface area contributed by atoms with Crippen molar-refractivity contribution < 1.29 is 10.2 Å². The Labute approximate surface area is 65.0 Å². The normalized spacial score (nSPS) is 41.7. The summed E-state index contributed by atoms with van der Waals surface area (Å²) in [5, 5.41) is 21.3. The van der Waals surface area contributed by atoms with Crippen LogP contribution in [0, 0.1) is 5.92 Å². The van der Waals surface area contributed by atoms with Crippen LogP contribution in [0.25, 0.3) is 0 Å². The Bertz CT molecular complexity index is 112. The molecule has 0 aromatic heterocycles. The minimum absolute atomic E-state index is 0.00887. The van der Waals surface area contributed by atoms with Gasteiger partial charge in [0, 0.05) is 24.9 Å². The molecule has 3 N–H and O–H groups in total. The Hall–Kier alpha value is 0.170. The highest BCUT2D eigenvalue weighted by atomic mass is 35.5. The van der Waals surface area contributed by atoms with E-state index in [2.05, 4.69) is 5.32 Å². The van der Waals surface area contributed by atoms with Crippen molar-refractivity contribution in [2.75, 3.05) is 19.0 Å². The average molecular weight is 166 g/mol. The first kappa shape index (κ1) is 8.27. The lowest BCUT2D eigenvalue weighted by atomic mass is 9.96. The van der Waals surface area contributed by atoms with E-state index in [-0.39, 0.29) is 5.92 Å². The predicted molar refractivity (Wildman–Crippen MR) is 39.1 cm³/mol. The lowest BCUT2D eigenvalue weighted by Gasteiger charge is -2.30. The molecule has 0 unspecified atom stereocenters. The maximum Gasteiger partial charge on any atom is 0.0926 e. The fourth-order valence-corrected chi connectivity index (χ4v) is 1.41. The molecular weight excluding hydrogens is 154 g/mol. The van der Waals surface area contributed by atoms with E-state index in [0.29, 0.717) is 19.0 Å². The molecule has 0 saturated carbocycles. The van der Waals surface area contributed by atoms with Gasteiger partial charge >= 0.3 is 0 Å². The molecule has 0 aromatic rings. The summed E-state index contributed by atoms with van der Waals surface area (Å²) in [6, 6.07) is 0. The van der Waals surface area contributed by atoms with Crippen LogP contribution >= 0.6 is 11.6 Å². The second-order valence-electron chi connectivity index (χ2n) is 2.63. The number of alkyl halides is 1. The van der Waals surface area contributed by atoms with E-state index < -0.39 is 12.2 Å². The summed E-state index contributed by atoms with van der Waals surface area (Å²) in [6.07, 6.45) is -1.31. The molecule has 0 aliphatic carbocycles. The van der Waals surface area contributed by atoms with Crippen LogP contribution in [0.5, 0.6) is 0 Å². The van der Waals surface area contributed by atoms with E-state index >= 15 is 0 Å². The van der Waals surface area contributed by atoms with Gasteiger partial charge in [0.1, 0.15) is 0 Å². The van der Waals surface area contributed by atoms with E-state index in [4.69, 9.17) is 16.7 Å². The minimum atomic E-state index is -0.655. The Morgan fingerprint density at radius 1 is 1.40 bits per heavy atom. The number of piperidine rings is 1. The Morgan fingerprint density at radius 2 is 2.10 bits per heavy atom. The van der Waals surface area contributed by atoms with Crippen LogP contribution in [0.1, 0.15) is 0 Å². The van der Waals surface area contributed by atoms with Crippen LogP contribution in [-0.2, 0) is 0 Å². The fraction of sp³-hybridized carbons (Fsp3) is 1.00. The number of aliphatic hydroxyl groups is 2. The monoisotopic (exact) mass is 165 g/mol. The largest absolute Gasteiger partial charge is 0.390 e. The van der Waals surface area contributed by atoms with Gasteiger partial charge in [0.15, 0.2) is 0 Å². The van der Waals surface area contributed by atoms with Crippen LogP contribution in [0.15, 0.2) is 0 Å². The van der Waals surface area contributed by atoms with Crippen molar-refractivity contribution in [1.82, 2.24) is 5.32 Å². The zero-order valence-electron chi connectivity index (χ0n) is 5.63. The smallest absolute Gasteiger partial charge is 0.0926 e. The van der Waals surface area contributed by atoms with Gasteiger partial charge in [-0.2, -0.15) is 0 Å². The lowest BCUT2D eigenvalue weighted by molar-refractivity contribution is -0.0285. The molecule has 1 rings (SSSR count). The quantitative estimate of drug-likeness (QED) is 0.445. The van der Waals surface area contributed by atoms with Crippen molar-refractivity contribution in [2.24, 2.45) is 5.92 Å². The first-order valence-corrected chi connectivity index (χ1v) is 3.92. The van der Waals surface area contributed by atoms with Crippen molar-refractivity contribution in [3.05, 3.63) is 0 Å². The minimum Gasteiger partial charge on any atom is -0.390 e. The molecule has 1 heterocycles. The van der Waals surface area contributed by atoms with Crippen LogP contribution in [0.3, 0.4) is 0 Å². The second-order valence-corrected chi connectivity index (χ2v) is 2.94. The number of rotatable bonds is 1. The summed E-state index contributed by atoms with van der Waals surface area (Å²) in [5.74, 6) is 0.385. The molecule has 1 fully saturated rings. The molecule has 0 aromatic carbocycles. The SMILES string of the molecule is O[C@@H]1[C@H](CCl)CNC[C@H]1O. The van der Waals surface area contributed by atoms with Crippen molar-refractivity contribution in [1.29, 1.82) is 0 Å². The van der Waals surface area contributed by atoms with Crippen LogP contribution in [0.4, 0.5) is 0 Å². The summed E-state index contributed by atoms with van der Waals surface area (Å²) < 4.78 is 0. The van der Waals surface area contributed by atoms with Crippen molar-refractivity contribution in [2.45, 2.75) is 12.2 Å². The van der Waals surface area contributed by atoms with Gasteiger partial charge in [-0.05, 0) is 0 Å². The van der Waals surface area contributed by atoms with Crippen LogP contribution in [-0.4, -0.2) is 41.4 Å². The highest BCUT2D eigenvalue weighted by Crippen LogP contribution is 2.12. The molecule has 0 bridgehead atoms. The van der Waals surface area contributed by atoms with Crippen LogP contribution < -0.4 is 5.32 Å². The van der Waals surface area contributed by atoms with Gasteiger partial charge in [0.25, 0.3) is 0 Å². The van der Waals surface area contributed by atoms with Crippen molar-refractivity contribution >= 4 is 11.6 Å². The first-order chi connectivity index (χ1) is 4.75. The second kappa shape index (κ2) is 3.53. The molecule has 3 atom stereocenters. The maximum atomic E-state index is 9.26. The third-order valence-electron chi connectivity index (χ3n) is 1.84. The molecule has 0 radical (unpaired) electrons. The number of aliphatic hydroxyl groups excluding tert-OH is 2. The Morgan fingerprint density at radius 3 is 2.60 bits per heavy atom. The summed E-state index contributed by atoms with van der Waals surface area (Å²) in [6.45, 7) is 1.16. The lowest BCUT2D eigenvalue weighted by Crippen LogP contribution is -2.50. The van der Waals surface area contributed by atoms with Gasteiger partial charge in [0.2, 0.25) is 0 Å². The van der Waals surface area contributed by atoms with Gasteiger partial charge in [-0.25, -0.2) is 0 Å². The zero-order chi connectivity index (χ0) is 7.56. The molecule has 3 nitrogen and oxygen atoms in total. The standard InChI is InChI=1S/C6H12ClNO2/c7-1-4-2-8-3-5(9)6(4)10/h4-6,8-10H,1-3H2/t4-,5-,6-/m1/s1. The average Bonchev–Trinajstić information content (AvgIpc) is 1.95. The molecule has 4 heteroatoms. The highest BCUT2D eigenvalue weighted by Gasteiger charge is 2.29. The molecule has 10 heavy (non-hydrogen) atoms. The van der Waals surface area contributed by atoms with Gasteiger partial charge in [-0.1, -0.05) is 0 Å². The summed E-state index contributed by atoms with van der Waals surface area (Å²) in [7, 11) is 0. The van der Waals surface area contributed by atoms with Gasteiger partial charge in [-0.3, -0.25) is 0 Å². The molecule has 1 aliphatic heterocycles.